The molecule has 0 spiro atoms. The lowest BCUT2D eigenvalue weighted by Crippen LogP contribution is -2.32. The lowest BCUT2D eigenvalue weighted by atomic mass is 10.1. The molecule has 0 saturated carbocycles. The first kappa shape index (κ1) is 18.2. The van der Waals surface area contributed by atoms with E-state index in [-0.39, 0.29) is 24.6 Å². The Balaban J connectivity index is 1.46. The number of furan rings is 1. The van der Waals surface area contributed by atoms with Crippen molar-refractivity contribution >= 4 is 29.3 Å². The van der Waals surface area contributed by atoms with E-state index in [9.17, 15) is 9.59 Å². The highest BCUT2D eigenvalue weighted by Crippen LogP contribution is 2.25. The highest BCUT2D eigenvalue weighted by molar-refractivity contribution is 6.46. The molecule has 2 heterocycles. The number of urea groups is 1. The molecule has 3 aromatic rings. The van der Waals surface area contributed by atoms with Crippen LogP contribution >= 0.6 is 11.6 Å². The lowest BCUT2D eigenvalue weighted by molar-refractivity contribution is -0.121. The van der Waals surface area contributed by atoms with Crippen molar-refractivity contribution in [2.24, 2.45) is 4.99 Å². The van der Waals surface area contributed by atoms with E-state index in [2.05, 4.69) is 4.99 Å². The molecule has 4 rings (SSSR count). The maximum Gasteiger partial charge on any atom is 0.351 e. The number of amides is 3. The van der Waals surface area contributed by atoms with E-state index in [0.29, 0.717) is 16.5 Å². The van der Waals surface area contributed by atoms with Gasteiger partial charge < -0.3 is 4.42 Å². The van der Waals surface area contributed by atoms with Crippen LogP contribution in [-0.2, 0) is 17.8 Å². The Morgan fingerprint density at radius 1 is 0.964 bits per heavy atom. The molecule has 1 aromatic heterocycles. The molecule has 0 fully saturated rings. The summed E-state index contributed by atoms with van der Waals surface area (Å²) in [6, 6.07) is 18.1. The van der Waals surface area contributed by atoms with Crippen LogP contribution in [0, 0.1) is 6.92 Å². The van der Waals surface area contributed by atoms with Crippen LogP contribution in [0.4, 0.5) is 4.79 Å². The Kier molecular flexibility index (Phi) is 4.84. The highest BCUT2D eigenvalue weighted by Gasteiger charge is 2.33. The van der Waals surface area contributed by atoms with Crippen molar-refractivity contribution in [3.63, 3.8) is 0 Å². The number of rotatable bonds is 5. The van der Waals surface area contributed by atoms with Crippen molar-refractivity contribution < 1.29 is 14.0 Å². The van der Waals surface area contributed by atoms with Gasteiger partial charge in [-0.15, -0.1) is 0 Å². The second-order valence-corrected chi connectivity index (χ2v) is 7.10. The smallest absolute Gasteiger partial charge is 0.351 e. The monoisotopic (exact) mass is 392 g/mol. The minimum Gasteiger partial charge on any atom is -0.461 e. The fourth-order valence-corrected chi connectivity index (χ4v) is 3.13. The maximum atomic E-state index is 12.6. The lowest BCUT2D eigenvalue weighted by Gasteiger charge is -2.13. The SMILES string of the molecule is Cc1ccc(CN2C(=O)N=C(Cc3ccc(-c4ccc(Cl)cc4)o3)C2=O)cc1. The van der Waals surface area contributed by atoms with E-state index in [1.54, 1.807) is 18.2 Å². The Bertz CT molecular complexity index is 1070. The van der Waals surface area contributed by atoms with Crippen LogP contribution in [-0.4, -0.2) is 22.5 Å². The van der Waals surface area contributed by atoms with E-state index in [1.165, 1.54) is 0 Å². The molecule has 0 atom stereocenters. The van der Waals surface area contributed by atoms with Crippen molar-refractivity contribution in [2.45, 2.75) is 19.9 Å². The van der Waals surface area contributed by atoms with Crippen LogP contribution in [0.25, 0.3) is 11.3 Å². The molecule has 0 N–H and O–H groups in total. The van der Waals surface area contributed by atoms with Gasteiger partial charge in [-0.2, -0.15) is 4.99 Å². The van der Waals surface area contributed by atoms with Crippen LogP contribution in [0.5, 0.6) is 0 Å². The van der Waals surface area contributed by atoms with Crippen LogP contribution < -0.4 is 0 Å². The van der Waals surface area contributed by atoms with Crippen LogP contribution in [0.15, 0.2) is 70.1 Å². The molecule has 3 amide bonds. The van der Waals surface area contributed by atoms with Gasteiger partial charge in [0.15, 0.2) is 0 Å². The molecule has 1 aliphatic rings. The summed E-state index contributed by atoms with van der Waals surface area (Å²) in [5, 5.41) is 0.647. The van der Waals surface area contributed by atoms with Gasteiger partial charge >= 0.3 is 6.03 Å². The summed E-state index contributed by atoms with van der Waals surface area (Å²) in [4.78, 5) is 29.9. The summed E-state index contributed by atoms with van der Waals surface area (Å²) >= 11 is 5.91. The summed E-state index contributed by atoms with van der Waals surface area (Å²) < 4.78 is 5.82. The Labute approximate surface area is 167 Å². The van der Waals surface area contributed by atoms with Crippen molar-refractivity contribution in [2.75, 3.05) is 0 Å². The van der Waals surface area contributed by atoms with Crippen molar-refractivity contribution in [1.29, 1.82) is 0 Å². The highest BCUT2D eigenvalue weighted by atomic mass is 35.5. The summed E-state index contributed by atoms with van der Waals surface area (Å²) in [5.41, 5.74) is 3.07. The molecule has 0 unspecified atom stereocenters. The predicted molar refractivity (Wildman–Crippen MR) is 107 cm³/mol. The summed E-state index contributed by atoms with van der Waals surface area (Å²) in [6.07, 6.45) is 0.169. The van der Waals surface area contributed by atoms with Gasteiger partial charge in [0.2, 0.25) is 0 Å². The van der Waals surface area contributed by atoms with Crippen molar-refractivity contribution in [3.05, 3.63) is 82.6 Å². The van der Waals surface area contributed by atoms with Gasteiger partial charge in [-0.1, -0.05) is 41.4 Å². The predicted octanol–water partition coefficient (Wildman–Crippen LogP) is 5.05. The van der Waals surface area contributed by atoms with E-state index in [1.807, 2.05) is 49.4 Å². The number of aliphatic imine (C=N–C) groups is 1. The third-order valence-electron chi connectivity index (χ3n) is 4.55. The van der Waals surface area contributed by atoms with Gasteiger partial charge in [-0.25, -0.2) is 4.79 Å². The maximum absolute atomic E-state index is 12.6. The normalized spacial score (nSPS) is 13.9. The molecule has 28 heavy (non-hydrogen) atoms. The standard InChI is InChI=1S/C22H17ClN2O3/c1-14-2-4-15(5-3-14)13-25-21(26)19(24-22(25)27)12-18-10-11-20(28-18)16-6-8-17(23)9-7-16/h2-11H,12-13H2,1H3. The first-order chi connectivity index (χ1) is 13.5. The first-order valence-corrected chi connectivity index (χ1v) is 9.21. The molecule has 140 valence electrons. The minimum absolute atomic E-state index is 0.169. The number of nitrogens with zero attached hydrogens (tertiary/aromatic N) is 2. The average Bonchev–Trinajstić information content (AvgIpc) is 3.24. The minimum atomic E-state index is -0.537. The largest absolute Gasteiger partial charge is 0.461 e. The quantitative estimate of drug-likeness (QED) is 0.610. The number of halogens is 1. The summed E-state index contributed by atoms with van der Waals surface area (Å²) in [6.45, 7) is 2.19. The molecule has 0 radical (unpaired) electrons. The van der Waals surface area contributed by atoms with Crippen LogP contribution in [0.3, 0.4) is 0 Å². The topological polar surface area (TPSA) is 62.9 Å². The first-order valence-electron chi connectivity index (χ1n) is 8.83. The van der Waals surface area contributed by atoms with E-state index in [4.69, 9.17) is 16.0 Å². The van der Waals surface area contributed by atoms with Gasteiger partial charge in [0.25, 0.3) is 5.91 Å². The molecular weight excluding hydrogens is 376 g/mol. The molecule has 0 saturated heterocycles. The number of hydrogen-bond donors (Lipinski definition) is 0. The second-order valence-electron chi connectivity index (χ2n) is 6.67. The molecule has 6 heteroatoms. The van der Waals surface area contributed by atoms with Gasteiger partial charge in [0.05, 0.1) is 13.0 Å². The zero-order valence-electron chi connectivity index (χ0n) is 15.2. The zero-order valence-corrected chi connectivity index (χ0v) is 15.9. The van der Waals surface area contributed by atoms with Crippen molar-refractivity contribution in [1.82, 2.24) is 4.90 Å². The molecule has 5 nitrogen and oxygen atoms in total. The fraction of sp³-hybridized carbons (Fsp3) is 0.136. The van der Waals surface area contributed by atoms with Crippen LogP contribution in [0.2, 0.25) is 5.02 Å². The number of carbonyl (C=O) groups excluding carboxylic acids is 2. The van der Waals surface area contributed by atoms with Gasteiger partial charge in [-0.3, -0.25) is 9.69 Å². The van der Waals surface area contributed by atoms with Crippen LogP contribution in [0.1, 0.15) is 16.9 Å². The number of benzene rings is 2. The number of hydrogen-bond acceptors (Lipinski definition) is 3. The Hall–Kier alpha value is -3.18. The second kappa shape index (κ2) is 7.44. The van der Waals surface area contributed by atoms with Gasteiger partial charge in [-0.05, 0) is 48.9 Å². The third-order valence-corrected chi connectivity index (χ3v) is 4.80. The molecule has 1 aliphatic heterocycles. The van der Waals surface area contributed by atoms with E-state index >= 15 is 0 Å². The molecule has 2 aromatic carbocycles. The Morgan fingerprint density at radius 2 is 1.68 bits per heavy atom. The van der Waals surface area contributed by atoms with Gasteiger partial charge in [0, 0.05) is 10.6 Å². The number of aryl methyl sites for hydroxylation is 1. The van der Waals surface area contributed by atoms with Crippen molar-refractivity contribution in [3.8, 4) is 11.3 Å². The Morgan fingerprint density at radius 3 is 2.39 bits per heavy atom. The number of carbonyl (C=O) groups is 2. The molecule has 0 aliphatic carbocycles. The third kappa shape index (κ3) is 3.75. The number of imide groups is 1. The van der Waals surface area contributed by atoms with E-state index in [0.717, 1.165) is 21.6 Å². The molecule has 0 bridgehead atoms. The fourth-order valence-electron chi connectivity index (χ4n) is 3.00. The molecular formula is C22H17ClN2O3. The van der Waals surface area contributed by atoms with E-state index < -0.39 is 6.03 Å². The summed E-state index contributed by atoms with van der Waals surface area (Å²) in [5.74, 6) is 0.859. The summed E-state index contributed by atoms with van der Waals surface area (Å²) in [7, 11) is 0. The average molecular weight is 393 g/mol. The zero-order chi connectivity index (χ0) is 19.7. The van der Waals surface area contributed by atoms with Gasteiger partial charge in [0.1, 0.15) is 17.2 Å².